The molecule has 3 aromatic rings. The molecule has 116 valence electrons. The first-order chi connectivity index (χ1) is 11.4. The van der Waals surface area contributed by atoms with E-state index in [9.17, 15) is 5.11 Å². The Bertz CT molecular complexity index is 621. The monoisotopic (exact) mass is 305 g/mol. The minimum Gasteiger partial charge on any atom is -0.395 e. The van der Waals surface area contributed by atoms with Gasteiger partial charge in [0.15, 0.2) is 0 Å². The second kappa shape index (κ2) is 7.13. The van der Waals surface area contributed by atoms with E-state index >= 15 is 0 Å². The van der Waals surface area contributed by atoms with Crippen molar-refractivity contribution in [3.8, 4) is 0 Å². The van der Waals surface area contributed by atoms with E-state index in [1.807, 2.05) is 66.7 Å². The predicted molar refractivity (Wildman–Crippen MR) is 89.9 cm³/mol. The van der Waals surface area contributed by atoms with E-state index in [0.717, 1.165) is 17.0 Å². The zero-order valence-corrected chi connectivity index (χ0v) is 12.8. The number of rotatable bonds is 6. The Morgan fingerprint density at radius 1 is 0.783 bits per heavy atom. The molecule has 0 aliphatic carbocycles. The molecule has 2 heterocycles. The zero-order chi connectivity index (χ0) is 16.0. The summed E-state index contributed by atoms with van der Waals surface area (Å²) in [5.74, 6) is 0. The molecule has 23 heavy (non-hydrogen) atoms. The lowest BCUT2D eigenvalue weighted by atomic mass is 9.82. The van der Waals surface area contributed by atoms with Crippen LogP contribution in [0.25, 0.3) is 0 Å². The lowest BCUT2D eigenvalue weighted by Crippen LogP contribution is -2.47. The van der Waals surface area contributed by atoms with E-state index in [1.165, 1.54) is 0 Å². The van der Waals surface area contributed by atoms with Gasteiger partial charge in [-0.05, 0) is 29.8 Å². The largest absolute Gasteiger partial charge is 0.395 e. The minimum absolute atomic E-state index is 0.0360. The maximum atomic E-state index is 9.37. The highest BCUT2D eigenvalue weighted by Gasteiger charge is 2.38. The molecular weight excluding hydrogens is 286 g/mol. The fourth-order valence-corrected chi connectivity index (χ4v) is 2.81. The summed E-state index contributed by atoms with van der Waals surface area (Å²) in [6.07, 6.45) is 3.55. The second-order valence-corrected chi connectivity index (χ2v) is 5.20. The van der Waals surface area contributed by atoms with Crippen LogP contribution in [0.5, 0.6) is 0 Å². The van der Waals surface area contributed by atoms with Gasteiger partial charge in [-0.1, -0.05) is 42.5 Å². The van der Waals surface area contributed by atoms with Crippen LogP contribution in [-0.2, 0) is 5.54 Å². The lowest BCUT2D eigenvalue weighted by Gasteiger charge is -2.34. The standard InChI is InChI=1S/C19H19N3O/c23-15-14-22-19(16-8-2-1-3-9-16,17-10-4-6-12-20-17)18-11-5-7-13-21-18/h1-13,22-23H,14-15H2. The molecule has 0 fully saturated rings. The fraction of sp³-hybridized carbons (Fsp3) is 0.158. The Balaban J connectivity index is 2.25. The molecule has 0 atom stereocenters. The molecule has 0 amide bonds. The van der Waals surface area contributed by atoms with Crippen LogP contribution in [0.15, 0.2) is 79.1 Å². The highest BCUT2D eigenvalue weighted by Crippen LogP contribution is 2.34. The average Bonchev–Trinajstić information content (AvgIpc) is 2.65. The van der Waals surface area contributed by atoms with Crippen molar-refractivity contribution in [1.29, 1.82) is 0 Å². The highest BCUT2D eigenvalue weighted by atomic mass is 16.3. The van der Waals surface area contributed by atoms with E-state index in [0.29, 0.717) is 6.54 Å². The normalized spacial score (nSPS) is 11.3. The van der Waals surface area contributed by atoms with E-state index in [1.54, 1.807) is 12.4 Å². The number of hydrogen-bond acceptors (Lipinski definition) is 4. The Morgan fingerprint density at radius 3 is 1.83 bits per heavy atom. The number of benzene rings is 1. The van der Waals surface area contributed by atoms with E-state index in [-0.39, 0.29) is 6.61 Å². The molecule has 2 N–H and O–H groups in total. The molecule has 0 saturated heterocycles. The van der Waals surface area contributed by atoms with Crippen molar-refractivity contribution in [2.24, 2.45) is 0 Å². The van der Waals surface area contributed by atoms with Gasteiger partial charge in [-0.3, -0.25) is 15.3 Å². The molecule has 0 bridgehead atoms. The van der Waals surface area contributed by atoms with E-state index < -0.39 is 5.54 Å². The molecule has 0 radical (unpaired) electrons. The number of hydrogen-bond donors (Lipinski definition) is 2. The number of pyridine rings is 2. The average molecular weight is 305 g/mol. The molecule has 0 aliphatic rings. The first-order valence-electron chi connectivity index (χ1n) is 7.62. The summed E-state index contributed by atoms with van der Waals surface area (Å²) in [6, 6.07) is 21.7. The smallest absolute Gasteiger partial charge is 0.129 e. The Kier molecular flexibility index (Phi) is 4.76. The van der Waals surface area contributed by atoms with E-state index in [2.05, 4.69) is 15.3 Å². The molecule has 0 spiro atoms. The maximum Gasteiger partial charge on any atom is 0.129 e. The highest BCUT2D eigenvalue weighted by molar-refractivity contribution is 5.44. The first-order valence-corrected chi connectivity index (χ1v) is 7.62. The van der Waals surface area contributed by atoms with Gasteiger partial charge in [0.1, 0.15) is 5.54 Å². The van der Waals surface area contributed by atoms with Crippen LogP contribution in [0.3, 0.4) is 0 Å². The van der Waals surface area contributed by atoms with E-state index in [4.69, 9.17) is 0 Å². The van der Waals surface area contributed by atoms with Gasteiger partial charge in [-0.15, -0.1) is 0 Å². The van der Waals surface area contributed by atoms with Crippen molar-refractivity contribution in [3.05, 3.63) is 96.1 Å². The number of aliphatic hydroxyl groups is 1. The van der Waals surface area contributed by atoms with Crippen LogP contribution in [0.2, 0.25) is 0 Å². The summed E-state index contributed by atoms with van der Waals surface area (Å²) in [6.45, 7) is 0.469. The molecule has 2 aromatic heterocycles. The molecule has 0 aliphatic heterocycles. The van der Waals surface area contributed by atoms with Crippen molar-refractivity contribution in [2.45, 2.75) is 5.54 Å². The SMILES string of the molecule is OCCNC(c1ccccc1)(c1ccccn1)c1ccccn1. The minimum atomic E-state index is -0.702. The first kappa shape index (κ1) is 15.3. The van der Waals surface area contributed by atoms with Gasteiger partial charge in [-0.25, -0.2) is 0 Å². The molecular formula is C19H19N3O. The Hall–Kier alpha value is -2.56. The third kappa shape index (κ3) is 2.99. The summed E-state index contributed by atoms with van der Waals surface area (Å²) in [5.41, 5.74) is 2.02. The van der Waals surface area contributed by atoms with Crippen molar-refractivity contribution < 1.29 is 5.11 Å². The van der Waals surface area contributed by atoms with Gasteiger partial charge in [-0.2, -0.15) is 0 Å². The van der Waals surface area contributed by atoms with Gasteiger partial charge >= 0.3 is 0 Å². The lowest BCUT2D eigenvalue weighted by molar-refractivity contribution is 0.275. The second-order valence-electron chi connectivity index (χ2n) is 5.20. The molecule has 1 aromatic carbocycles. The summed E-state index contributed by atoms with van der Waals surface area (Å²) in [5, 5.41) is 12.8. The predicted octanol–water partition coefficient (Wildman–Crippen LogP) is 2.35. The summed E-state index contributed by atoms with van der Waals surface area (Å²) in [4.78, 5) is 9.15. The van der Waals surface area contributed by atoms with Crippen molar-refractivity contribution in [3.63, 3.8) is 0 Å². The third-order valence-corrected chi connectivity index (χ3v) is 3.81. The Morgan fingerprint density at radius 2 is 1.35 bits per heavy atom. The molecule has 4 nitrogen and oxygen atoms in total. The number of nitrogens with zero attached hydrogens (tertiary/aromatic N) is 2. The van der Waals surface area contributed by atoms with Gasteiger partial charge in [0, 0.05) is 18.9 Å². The van der Waals surface area contributed by atoms with Crippen LogP contribution >= 0.6 is 0 Å². The van der Waals surface area contributed by atoms with Crippen molar-refractivity contribution in [2.75, 3.05) is 13.2 Å². The van der Waals surface area contributed by atoms with Crippen molar-refractivity contribution >= 4 is 0 Å². The maximum absolute atomic E-state index is 9.37. The molecule has 0 unspecified atom stereocenters. The van der Waals surface area contributed by atoms with Crippen LogP contribution < -0.4 is 5.32 Å². The van der Waals surface area contributed by atoms with Gasteiger partial charge < -0.3 is 5.11 Å². The van der Waals surface area contributed by atoms with Crippen LogP contribution in [0.1, 0.15) is 17.0 Å². The summed E-state index contributed by atoms with van der Waals surface area (Å²) >= 11 is 0. The van der Waals surface area contributed by atoms with Crippen LogP contribution in [0.4, 0.5) is 0 Å². The summed E-state index contributed by atoms with van der Waals surface area (Å²) < 4.78 is 0. The number of aromatic nitrogens is 2. The fourth-order valence-electron chi connectivity index (χ4n) is 2.81. The Labute approximate surface area is 135 Å². The van der Waals surface area contributed by atoms with Gasteiger partial charge in [0.25, 0.3) is 0 Å². The van der Waals surface area contributed by atoms with Crippen molar-refractivity contribution in [1.82, 2.24) is 15.3 Å². The topological polar surface area (TPSA) is 58.0 Å². The zero-order valence-electron chi connectivity index (χ0n) is 12.8. The van der Waals surface area contributed by atoms with Crippen LogP contribution in [-0.4, -0.2) is 28.2 Å². The number of nitrogens with one attached hydrogen (secondary N) is 1. The van der Waals surface area contributed by atoms with Gasteiger partial charge in [0.2, 0.25) is 0 Å². The number of aliphatic hydroxyl groups excluding tert-OH is 1. The van der Waals surface area contributed by atoms with Gasteiger partial charge in [0.05, 0.1) is 18.0 Å². The van der Waals surface area contributed by atoms with Crippen LogP contribution in [0, 0.1) is 0 Å². The molecule has 3 rings (SSSR count). The molecule has 4 heteroatoms. The molecule has 0 saturated carbocycles. The quantitative estimate of drug-likeness (QED) is 0.734. The summed E-state index contributed by atoms with van der Waals surface area (Å²) in [7, 11) is 0. The third-order valence-electron chi connectivity index (χ3n) is 3.81.